The molecule has 0 fully saturated rings. The molecule has 3 rings (SSSR count). The lowest BCUT2D eigenvalue weighted by molar-refractivity contribution is 0.352. The van der Waals surface area contributed by atoms with Gasteiger partial charge in [-0.05, 0) is 29.2 Å². The molecule has 0 aliphatic carbocycles. The number of hydrogen-bond donors (Lipinski definition) is 0. The molecular formula is C17H16BrClO. The number of fused-ring (bicyclic) bond motifs is 1. The molecule has 0 saturated heterocycles. The molecule has 104 valence electrons. The van der Waals surface area contributed by atoms with Gasteiger partial charge >= 0.3 is 0 Å². The number of hydrogen-bond acceptors (Lipinski definition) is 1. The Labute approximate surface area is 133 Å². The number of benzene rings is 2. The molecule has 0 radical (unpaired) electrons. The van der Waals surface area contributed by atoms with Crippen LogP contribution < -0.4 is 4.74 Å². The van der Waals surface area contributed by atoms with Crippen molar-refractivity contribution in [2.24, 2.45) is 0 Å². The zero-order chi connectivity index (χ0) is 14.1. The summed E-state index contributed by atoms with van der Waals surface area (Å²) in [5.41, 5.74) is 3.68. The van der Waals surface area contributed by atoms with Crippen LogP contribution in [0.5, 0.6) is 5.75 Å². The van der Waals surface area contributed by atoms with E-state index in [-0.39, 0.29) is 4.83 Å². The Morgan fingerprint density at radius 3 is 2.70 bits per heavy atom. The van der Waals surface area contributed by atoms with Crippen molar-refractivity contribution in [2.75, 3.05) is 6.61 Å². The average Bonchev–Trinajstić information content (AvgIpc) is 2.94. The van der Waals surface area contributed by atoms with Crippen molar-refractivity contribution in [3.8, 4) is 5.75 Å². The van der Waals surface area contributed by atoms with Crippen LogP contribution in [0.25, 0.3) is 0 Å². The quantitative estimate of drug-likeness (QED) is 0.662. The SMILES string of the molecule is CC(c1ccccc1)C(Br)c1cc(Cl)cc2c1OCC2. The van der Waals surface area contributed by atoms with Gasteiger partial charge in [0.15, 0.2) is 0 Å². The minimum Gasteiger partial charge on any atom is -0.493 e. The van der Waals surface area contributed by atoms with Crippen molar-refractivity contribution in [1.82, 2.24) is 0 Å². The zero-order valence-electron chi connectivity index (χ0n) is 11.3. The Balaban J connectivity index is 1.97. The van der Waals surface area contributed by atoms with E-state index < -0.39 is 0 Å². The fourth-order valence-electron chi connectivity index (χ4n) is 2.70. The third kappa shape index (κ3) is 2.59. The van der Waals surface area contributed by atoms with Gasteiger partial charge in [0.25, 0.3) is 0 Å². The average molecular weight is 352 g/mol. The second-order valence-corrected chi connectivity index (χ2v) is 6.61. The Hall–Kier alpha value is -0.990. The number of halogens is 2. The topological polar surface area (TPSA) is 9.23 Å². The molecule has 0 amide bonds. The van der Waals surface area contributed by atoms with Crippen LogP contribution in [0.4, 0.5) is 0 Å². The highest BCUT2D eigenvalue weighted by Gasteiger charge is 2.26. The van der Waals surface area contributed by atoms with Gasteiger partial charge in [-0.25, -0.2) is 0 Å². The molecule has 0 spiro atoms. The van der Waals surface area contributed by atoms with Gasteiger partial charge in [-0.2, -0.15) is 0 Å². The van der Waals surface area contributed by atoms with Gasteiger partial charge in [0.1, 0.15) is 5.75 Å². The molecule has 2 atom stereocenters. The first-order chi connectivity index (χ1) is 9.66. The Morgan fingerprint density at radius 1 is 1.20 bits per heavy atom. The second kappa shape index (κ2) is 5.79. The van der Waals surface area contributed by atoms with E-state index in [9.17, 15) is 0 Å². The maximum absolute atomic E-state index is 6.25. The van der Waals surface area contributed by atoms with Crippen LogP contribution in [0, 0.1) is 0 Å². The van der Waals surface area contributed by atoms with Crippen LogP contribution in [0.3, 0.4) is 0 Å². The Bertz CT molecular complexity index is 612. The largest absolute Gasteiger partial charge is 0.493 e. The summed E-state index contributed by atoms with van der Waals surface area (Å²) in [4.78, 5) is 0.190. The van der Waals surface area contributed by atoms with E-state index in [1.54, 1.807) is 0 Å². The summed E-state index contributed by atoms with van der Waals surface area (Å²) in [5.74, 6) is 1.36. The van der Waals surface area contributed by atoms with E-state index in [0.29, 0.717) is 5.92 Å². The lowest BCUT2D eigenvalue weighted by Gasteiger charge is -2.21. The van der Waals surface area contributed by atoms with E-state index in [0.717, 1.165) is 29.4 Å². The van der Waals surface area contributed by atoms with Crippen LogP contribution >= 0.6 is 27.5 Å². The first-order valence-electron chi connectivity index (χ1n) is 6.81. The molecule has 1 heterocycles. The van der Waals surface area contributed by atoms with Gasteiger partial charge in [-0.1, -0.05) is 64.8 Å². The van der Waals surface area contributed by atoms with Gasteiger partial charge < -0.3 is 4.74 Å². The lowest BCUT2D eigenvalue weighted by Crippen LogP contribution is -2.04. The number of alkyl halides is 1. The molecule has 2 unspecified atom stereocenters. The minimum atomic E-state index is 0.190. The van der Waals surface area contributed by atoms with Crippen molar-refractivity contribution in [3.05, 3.63) is 64.2 Å². The molecule has 0 saturated carbocycles. The van der Waals surface area contributed by atoms with E-state index in [1.807, 2.05) is 18.2 Å². The third-order valence-electron chi connectivity index (χ3n) is 3.84. The summed E-state index contributed by atoms with van der Waals surface area (Å²) in [6.07, 6.45) is 0.947. The van der Waals surface area contributed by atoms with Crippen molar-refractivity contribution < 1.29 is 4.74 Å². The molecule has 0 N–H and O–H groups in total. The van der Waals surface area contributed by atoms with Gasteiger partial charge in [-0.3, -0.25) is 0 Å². The van der Waals surface area contributed by atoms with Crippen LogP contribution in [-0.4, -0.2) is 6.61 Å². The molecular weight excluding hydrogens is 336 g/mol. The van der Waals surface area contributed by atoms with Gasteiger partial charge in [0.2, 0.25) is 0 Å². The number of ether oxygens (including phenoxy) is 1. The fraction of sp³-hybridized carbons (Fsp3) is 0.294. The highest BCUT2D eigenvalue weighted by atomic mass is 79.9. The summed E-state index contributed by atoms with van der Waals surface area (Å²) in [6.45, 7) is 2.97. The monoisotopic (exact) mass is 350 g/mol. The second-order valence-electron chi connectivity index (χ2n) is 5.18. The van der Waals surface area contributed by atoms with Crippen molar-refractivity contribution in [1.29, 1.82) is 0 Å². The van der Waals surface area contributed by atoms with Crippen LogP contribution in [-0.2, 0) is 6.42 Å². The molecule has 2 aromatic carbocycles. The van der Waals surface area contributed by atoms with Crippen molar-refractivity contribution >= 4 is 27.5 Å². The van der Waals surface area contributed by atoms with E-state index in [1.165, 1.54) is 11.1 Å². The summed E-state index contributed by atoms with van der Waals surface area (Å²) >= 11 is 10.1. The Morgan fingerprint density at radius 2 is 1.95 bits per heavy atom. The smallest absolute Gasteiger partial charge is 0.127 e. The summed E-state index contributed by atoms with van der Waals surface area (Å²) in [6, 6.07) is 14.5. The molecule has 20 heavy (non-hydrogen) atoms. The molecule has 0 bridgehead atoms. The van der Waals surface area contributed by atoms with E-state index in [4.69, 9.17) is 16.3 Å². The molecule has 1 aliphatic rings. The Kier molecular flexibility index (Phi) is 4.04. The molecule has 0 aromatic heterocycles. The van der Waals surface area contributed by atoms with Crippen LogP contribution in [0.2, 0.25) is 5.02 Å². The first kappa shape index (κ1) is 14.0. The lowest BCUT2D eigenvalue weighted by atomic mass is 9.92. The normalized spacial score (nSPS) is 16.4. The highest BCUT2D eigenvalue weighted by molar-refractivity contribution is 9.09. The van der Waals surface area contributed by atoms with Gasteiger partial charge in [-0.15, -0.1) is 0 Å². The molecule has 1 nitrogen and oxygen atoms in total. The minimum absolute atomic E-state index is 0.190. The summed E-state index contributed by atoms with van der Waals surface area (Å²) < 4.78 is 5.80. The predicted octanol–water partition coefficient (Wildman–Crippen LogP) is 5.51. The maximum Gasteiger partial charge on any atom is 0.127 e. The van der Waals surface area contributed by atoms with Crippen molar-refractivity contribution in [2.45, 2.75) is 24.1 Å². The van der Waals surface area contributed by atoms with Crippen LogP contribution in [0.15, 0.2) is 42.5 Å². The molecule has 3 heteroatoms. The zero-order valence-corrected chi connectivity index (χ0v) is 13.6. The van der Waals surface area contributed by atoms with Gasteiger partial charge in [0, 0.05) is 21.8 Å². The van der Waals surface area contributed by atoms with Gasteiger partial charge in [0.05, 0.1) is 6.61 Å². The third-order valence-corrected chi connectivity index (χ3v) is 5.34. The first-order valence-corrected chi connectivity index (χ1v) is 8.10. The standard InChI is InChI=1S/C17H16BrClO/c1-11(12-5-3-2-4-6-12)16(18)15-10-14(19)9-13-7-8-20-17(13)15/h2-6,9-11,16H,7-8H2,1H3. The maximum atomic E-state index is 6.25. The summed E-state index contributed by atoms with van der Waals surface area (Å²) in [7, 11) is 0. The van der Waals surface area contributed by atoms with Crippen LogP contribution in [0.1, 0.15) is 34.4 Å². The van der Waals surface area contributed by atoms with E-state index >= 15 is 0 Å². The van der Waals surface area contributed by atoms with Crippen molar-refractivity contribution in [3.63, 3.8) is 0 Å². The summed E-state index contributed by atoms with van der Waals surface area (Å²) in [5, 5.41) is 0.786. The predicted molar refractivity (Wildman–Crippen MR) is 87.2 cm³/mol. The molecule has 2 aromatic rings. The number of rotatable bonds is 3. The van der Waals surface area contributed by atoms with E-state index in [2.05, 4.69) is 47.1 Å². The highest BCUT2D eigenvalue weighted by Crippen LogP contribution is 2.45. The fourth-order valence-corrected chi connectivity index (χ4v) is 3.59. The molecule has 1 aliphatic heterocycles.